The Kier molecular flexibility index (Phi) is 5.33. The molecule has 1 saturated heterocycles. The molecule has 1 fully saturated rings. The first kappa shape index (κ1) is 20.0. The van der Waals surface area contributed by atoms with Gasteiger partial charge in [-0.05, 0) is 42.2 Å². The van der Waals surface area contributed by atoms with Gasteiger partial charge in [0.25, 0.3) is 5.56 Å². The second-order valence-corrected chi connectivity index (χ2v) is 8.27. The lowest BCUT2D eigenvalue weighted by atomic mass is 9.96. The molecule has 1 aromatic carbocycles. The quantitative estimate of drug-likeness (QED) is 0.597. The fraction of sp³-hybridized carbons (Fsp3) is 0.391. The summed E-state index contributed by atoms with van der Waals surface area (Å²) >= 11 is 0. The van der Waals surface area contributed by atoms with Crippen LogP contribution in [0.5, 0.6) is 0 Å². The van der Waals surface area contributed by atoms with E-state index in [0.29, 0.717) is 0 Å². The number of rotatable bonds is 4. The molecular weight excluding hydrogens is 397 g/mol. The summed E-state index contributed by atoms with van der Waals surface area (Å²) in [6, 6.07) is 7.23. The van der Waals surface area contributed by atoms with Gasteiger partial charge in [0.1, 0.15) is 11.6 Å². The Morgan fingerprint density at radius 3 is 2.74 bits per heavy atom. The fourth-order valence-electron chi connectivity index (χ4n) is 4.70. The third-order valence-electron chi connectivity index (χ3n) is 6.24. The Labute approximate surface area is 179 Å². The average molecular weight is 423 g/mol. The molecule has 0 amide bonds. The lowest BCUT2D eigenvalue weighted by molar-refractivity contribution is 0.248. The average Bonchev–Trinajstić information content (AvgIpc) is 2.80. The minimum absolute atomic E-state index is 0.0452. The molecule has 162 valence electrons. The summed E-state index contributed by atoms with van der Waals surface area (Å²) in [5.74, 6) is 0.469. The molecule has 31 heavy (non-hydrogen) atoms. The number of benzene rings is 1. The summed E-state index contributed by atoms with van der Waals surface area (Å²) in [6.45, 7) is 4.84. The number of aromatic amines is 1. The normalized spacial score (nSPS) is 16.9. The van der Waals surface area contributed by atoms with E-state index in [9.17, 15) is 14.3 Å². The zero-order valence-electron chi connectivity index (χ0n) is 17.3. The fourth-order valence-corrected chi connectivity index (χ4v) is 4.70. The van der Waals surface area contributed by atoms with E-state index in [1.165, 1.54) is 12.3 Å². The first-order chi connectivity index (χ1) is 15.1. The van der Waals surface area contributed by atoms with E-state index in [2.05, 4.69) is 25.1 Å². The number of nitrogens with one attached hydrogen (secondary N) is 2. The zero-order valence-corrected chi connectivity index (χ0v) is 17.3. The molecular formula is C23H26FN5O2. The van der Waals surface area contributed by atoms with Crippen molar-refractivity contribution in [1.29, 1.82) is 0 Å². The number of pyridine rings is 2. The standard InChI is InChI=1S/C23H26FN5O2/c24-17-3-4-20(26-12-17)29-8-6-28(7-9-29)13-15-10-16(14-30)21-19(11-15)27-23(31)18-2-1-5-25-22(18)21/h3-4,10-12,25,30H,1-2,5-9,13-14H2,(H,27,31). The molecule has 3 N–H and O–H groups in total. The highest BCUT2D eigenvalue weighted by atomic mass is 19.1. The van der Waals surface area contributed by atoms with E-state index < -0.39 is 0 Å². The predicted molar refractivity (Wildman–Crippen MR) is 119 cm³/mol. The van der Waals surface area contributed by atoms with Gasteiger partial charge in [-0.25, -0.2) is 9.37 Å². The summed E-state index contributed by atoms with van der Waals surface area (Å²) < 4.78 is 13.1. The lowest BCUT2D eigenvalue weighted by Crippen LogP contribution is -2.46. The molecule has 0 aliphatic carbocycles. The Morgan fingerprint density at radius 2 is 2.00 bits per heavy atom. The molecule has 8 heteroatoms. The lowest BCUT2D eigenvalue weighted by Gasteiger charge is -2.35. The molecule has 4 heterocycles. The van der Waals surface area contributed by atoms with Crippen LogP contribution in [0.2, 0.25) is 0 Å². The first-order valence-electron chi connectivity index (χ1n) is 10.8. The van der Waals surface area contributed by atoms with E-state index in [4.69, 9.17) is 0 Å². The van der Waals surface area contributed by atoms with Gasteiger partial charge in [0.05, 0.1) is 24.0 Å². The number of H-pyrrole nitrogens is 1. The van der Waals surface area contributed by atoms with E-state index in [0.717, 1.165) is 91.2 Å². The van der Waals surface area contributed by atoms with Crippen LogP contribution in [0.1, 0.15) is 23.1 Å². The van der Waals surface area contributed by atoms with Crippen LogP contribution in [0.15, 0.2) is 35.3 Å². The number of piperazine rings is 1. The van der Waals surface area contributed by atoms with Crippen LogP contribution in [0.3, 0.4) is 0 Å². The van der Waals surface area contributed by atoms with Gasteiger partial charge < -0.3 is 20.3 Å². The predicted octanol–water partition coefficient (Wildman–Crippen LogP) is 2.23. The third-order valence-corrected chi connectivity index (χ3v) is 6.24. The Balaban J connectivity index is 1.36. The molecule has 2 aliphatic heterocycles. The van der Waals surface area contributed by atoms with Crippen LogP contribution in [0.4, 0.5) is 15.9 Å². The molecule has 0 radical (unpaired) electrons. The molecule has 0 spiro atoms. The van der Waals surface area contributed by atoms with Crippen molar-refractivity contribution in [3.8, 4) is 0 Å². The molecule has 7 nitrogen and oxygen atoms in total. The molecule has 2 aliphatic rings. The molecule has 3 aromatic rings. The minimum Gasteiger partial charge on any atom is -0.392 e. The van der Waals surface area contributed by atoms with Gasteiger partial charge in [-0.15, -0.1) is 0 Å². The van der Waals surface area contributed by atoms with Gasteiger partial charge in [-0.1, -0.05) is 6.07 Å². The Bertz CT molecular complexity index is 1150. The molecule has 0 bridgehead atoms. The first-order valence-corrected chi connectivity index (χ1v) is 10.8. The molecule has 5 rings (SSSR count). The third kappa shape index (κ3) is 3.88. The van der Waals surface area contributed by atoms with Gasteiger partial charge in [-0.3, -0.25) is 9.69 Å². The van der Waals surface area contributed by atoms with Crippen molar-refractivity contribution in [2.24, 2.45) is 0 Å². The zero-order chi connectivity index (χ0) is 21.4. The second kappa shape index (κ2) is 8.28. The Morgan fingerprint density at radius 1 is 1.16 bits per heavy atom. The van der Waals surface area contributed by atoms with Crippen molar-refractivity contribution < 1.29 is 9.50 Å². The highest BCUT2D eigenvalue weighted by Crippen LogP contribution is 2.31. The van der Waals surface area contributed by atoms with E-state index in [-0.39, 0.29) is 18.0 Å². The topological polar surface area (TPSA) is 84.5 Å². The smallest absolute Gasteiger partial charge is 0.253 e. The van der Waals surface area contributed by atoms with Crippen molar-refractivity contribution in [1.82, 2.24) is 14.9 Å². The van der Waals surface area contributed by atoms with Crippen molar-refractivity contribution in [3.63, 3.8) is 0 Å². The monoisotopic (exact) mass is 423 g/mol. The maximum Gasteiger partial charge on any atom is 0.253 e. The van der Waals surface area contributed by atoms with Crippen LogP contribution < -0.4 is 15.8 Å². The maximum absolute atomic E-state index is 13.1. The van der Waals surface area contributed by atoms with E-state index in [1.807, 2.05) is 12.1 Å². The molecule has 0 unspecified atom stereocenters. The number of hydrogen-bond acceptors (Lipinski definition) is 6. The largest absolute Gasteiger partial charge is 0.392 e. The maximum atomic E-state index is 13.1. The van der Waals surface area contributed by atoms with Crippen LogP contribution in [0.25, 0.3) is 10.9 Å². The van der Waals surface area contributed by atoms with Crippen molar-refractivity contribution >= 4 is 22.4 Å². The van der Waals surface area contributed by atoms with Crippen molar-refractivity contribution in [2.45, 2.75) is 26.0 Å². The minimum atomic E-state index is -0.326. The van der Waals surface area contributed by atoms with Crippen LogP contribution >= 0.6 is 0 Å². The molecule has 0 atom stereocenters. The SMILES string of the molecule is O=c1[nH]c2cc(CN3CCN(c4ccc(F)cn4)CC3)cc(CO)c2c2c1CCCN2. The van der Waals surface area contributed by atoms with Crippen molar-refractivity contribution in [3.05, 3.63) is 63.3 Å². The van der Waals surface area contributed by atoms with Gasteiger partial charge in [-0.2, -0.15) is 0 Å². The summed E-state index contributed by atoms with van der Waals surface area (Å²) in [5.41, 5.74) is 4.29. The highest BCUT2D eigenvalue weighted by Gasteiger charge is 2.21. The van der Waals surface area contributed by atoms with Crippen molar-refractivity contribution in [2.75, 3.05) is 42.9 Å². The van der Waals surface area contributed by atoms with Gasteiger partial charge >= 0.3 is 0 Å². The van der Waals surface area contributed by atoms with Crippen LogP contribution in [-0.4, -0.2) is 52.7 Å². The van der Waals surface area contributed by atoms with E-state index >= 15 is 0 Å². The number of aliphatic hydroxyl groups is 1. The second-order valence-electron chi connectivity index (χ2n) is 8.27. The Hall–Kier alpha value is -2.97. The number of aromatic nitrogens is 2. The number of fused-ring (bicyclic) bond motifs is 3. The number of hydrogen-bond donors (Lipinski definition) is 3. The molecule has 2 aromatic heterocycles. The number of halogens is 1. The summed E-state index contributed by atoms with van der Waals surface area (Å²) in [5, 5.41) is 14.3. The summed E-state index contributed by atoms with van der Waals surface area (Å²) in [7, 11) is 0. The van der Waals surface area contributed by atoms with Gasteiger partial charge in [0.15, 0.2) is 0 Å². The number of nitrogens with zero attached hydrogens (tertiary/aromatic N) is 3. The summed E-state index contributed by atoms with van der Waals surface area (Å²) in [4.78, 5) is 24.3. The number of anilines is 2. The van der Waals surface area contributed by atoms with Crippen LogP contribution in [-0.2, 0) is 19.6 Å². The summed E-state index contributed by atoms with van der Waals surface area (Å²) in [6.07, 6.45) is 2.95. The number of aliphatic hydroxyl groups excluding tert-OH is 1. The van der Waals surface area contributed by atoms with E-state index in [1.54, 1.807) is 6.07 Å². The van der Waals surface area contributed by atoms with Crippen LogP contribution in [0, 0.1) is 5.82 Å². The molecule has 0 saturated carbocycles. The highest BCUT2D eigenvalue weighted by molar-refractivity contribution is 5.96. The van der Waals surface area contributed by atoms with Gasteiger partial charge in [0.2, 0.25) is 0 Å². The van der Waals surface area contributed by atoms with Gasteiger partial charge in [0, 0.05) is 50.2 Å².